The molecule has 134 valence electrons. The first-order chi connectivity index (χ1) is 13.2. The van der Waals surface area contributed by atoms with Crippen LogP contribution in [-0.4, -0.2) is 15.9 Å². The molecule has 0 aliphatic carbocycles. The number of nitrogens with zero attached hydrogens (tertiary/aromatic N) is 2. The summed E-state index contributed by atoms with van der Waals surface area (Å²) in [6.45, 7) is 2.01. The molecule has 2 aromatic heterocycles. The summed E-state index contributed by atoms with van der Waals surface area (Å²) in [5, 5.41) is 8.19. The lowest BCUT2D eigenvalue weighted by molar-refractivity contribution is -0.121. The molecule has 0 aliphatic heterocycles. The lowest BCUT2D eigenvalue weighted by atomic mass is 9.99. The van der Waals surface area contributed by atoms with Crippen LogP contribution in [0.1, 0.15) is 24.2 Å². The van der Waals surface area contributed by atoms with Crippen molar-refractivity contribution in [2.24, 2.45) is 0 Å². The van der Waals surface area contributed by atoms with E-state index in [1.165, 1.54) is 22.1 Å². The van der Waals surface area contributed by atoms with Gasteiger partial charge < -0.3 is 5.32 Å². The van der Waals surface area contributed by atoms with Gasteiger partial charge in [0.25, 0.3) is 0 Å². The highest BCUT2D eigenvalue weighted by Crippen LogP contribution is 2.25. The Morgan fingerprint density at radius 1 is 1.07 bits per heavy atom. The molecule has 4 nitrogen and oxygen atoms in total. The number of nitrogens with one attached hydrogen (secondary N) is 1. The van der Waals surface area contributed by atoms with Crippen molar-refractivity contribution < 1.29 is 4.79 Å². The van der Waals surface area contributed by atoms with Gasteiger partial charge >= 0.3 is 0 Å². The Hall–Kier alpha value is -3.05. The van der Waals surface area contributed by atoms with Crippen molar-refractivity contribution in [1.82, 2.24) is 15.3 Å². The van der Waals surface area contributed by atoms with Gasteiger partial charge in [-0.3, -0.25) is 9.78 Å². The summed E-state index contributed by atoms with van der Waals surface area (Å²) in [6.07, 6.45) is 2.01. The number of fused-ring (bicyclic) bond motifs is 1. The Labute approximate surface area is 161 Å². The van der Waals surface area contributed by atoms with Gasteiger partial charge in [0.1, 0.15) is 5.01 Å². The molecular formula is C22H19N3OS. The summed E-state index contributed by atoms with van der Waals surface area (Å²) in [6, 6.07) is 20.1. The number of benzene rings is 2. The number of amides is 1. The maximum atomic E-state index is 12.5. The first-order valence-corrected chi connectivity index (χ1v) is 9.71. The Balaban J connectivity index is 1.46. The molecule has 0 spiro atoms. The quantitative estimate of drug-likeness (QED) is 0.548. The van der Waals surface area contributed by atoms with Gasteiger partial charge in [0.15, 0.2) is 0 Å². The topological polar surface area (TPSA) is 54.9 Å². The zero-order valence-corrected chi connectivity index (χ0v) is 15.7. The van der Waals surface area contributed by atoms with Gasteiger partial charge in [0.05, 0.1) is 23.9 Å². The van der Waals surface area contributed by atoms with Gasteiger partial charge in [-0.05, 0) is 35.4 Å². The monoisotopic (exact) mass is 373 g/mol. The minimum atomic E-state index is -0.0718. The van der Waals surface area contributed by atoms with Crippen LogP contribution < -0.4 is 5.32 Å². The second-order valence-electron chi connectivity index (χ2n) is 6.39. The van der Waals surface area contributed by atoms with Crippen LogP contribution >= 0.6 is 11.3 Å². The van der Waals surface area contributed by atoms with E-state index in [9.17, 15) is 4.79 Å². The summed E-state index contributed by atoms with van der Waals surface area (Å²) in [5.74, 6) is -0.0340. The maximum absolute atomic E-state index is 12.5. The molecule has 0 radical (unpaired) electrons. The van der Waals surface area contributed by atoms with Crippen molar-refractivity contribution in [2.75, 3.05) is 0 Å². The van der Waals surface area contributed by atoms with Gasteiger partial charge in [-0.1, -0.05) is 48.5 Å². The number of rotatable bonds is 5. The van der Waals surface area contributed by atoms with E-state index in [1.807, 2.05) is 48.7 Å². The lowest BCUT2D eigenvalue weighted by Gasteiger charge is -2.16. The van der Waals surface area contributed by atoms with Crippen LogP contribution in [0.3, 0.4) is 0 Å². The molecule has 0 unspecified atom stereocenters. The van der Waals surface area contributed by atoms with E-state index >= 15 is 0 Å². The van der Waals surface area contributed by atoms with Crippen LogP contribution in [0.2, 0.25) is 0 Å². The smallest absolute Gasteiger partial charge is 0.226 e. The first kappa shape index (κ1) is 17.4. The van der Waals surface area contributed by atoms with Crippen molar-refractivity contribution in [2.45, 2.75) is 19.4 Å². The summed E-state index contributed by atoms with van der Waals surface area (Å²) < 4.78 is 0. The molecule has 0 fully saturated rings. The van der Waals surface area contributed by atoms with Crippen molar-refractivity contribution in [3.63, 3.8) is 0 Å². The van der Waals surface area contributed by atoms with E-state index in [0.29, 0.717) is 0 Å². The van der Waals surface area contributed by atoms with Crippen molar-refractivity contribution in [3.8, 4) is 10.7 Å². The van der Waals surface area contributed by atoms with Gasteiger partial charge in [-0.15, -0.1) is 11.3 Å². The van der Waals surface area contributed by atoms with Crippen LogP contribution in [0.15, 0.2) is 72.2 Å². The summed E-state index contributed by atoms with van der Waals surface area (Å²) in [7, 11) is 0. The van der Waals surface area contributed by atoms with Gasteiger partial charge in [0, 0.05) is 11.6 Å². The average molecular weight is 373 g/mol. The molecular weight excluding hydrogens is 354 g/mol. The van der Waals surface area contributed by atoms with Crippen molar-refractivity contribution >= 4 is 28.0 Å². The third-order valence-corrected chi connectivity index (χ3v) is 5.36. The highest BCUT2D eigenvalue weighted by atomic mass is 32.1. The summed E-state index contributed by atoms with van der Waals surface area (Å²) >= 11 is 1.51. The van der Waals surface area contributed by atoms with Gasteiger partial charge in [-0.25, -0.2) is 4.98 Å². The van der Waals surface area contributed by atoms with E-state index in [1.54, 1.807) is 6.20 Å². The maximum Gasteiger partial charge on any atom is 0.226 e. The molecule has 2 aromatic carbocycles. The zero-order chi connectivity index (χ0) is 18.6. The molecule has 4 rings (SSSR count). The number of hydrogen-bond acceptors (Lipinski definition) is 4. The van der Waals surface area contributed by atoms with Crippen LogP contribution in [0, 0.1) is 0 Å². The fourth-order valence-electron chi connectivity index (χ4n) is 3.16. The minimum Gasteiger partial charge on any atom is -0.349 e. The number of aromatic nitrogens is 2. The lowest BCUT2D eigenvalue weighted by Crippen LogP contribution is -2.28. The number of pyridine rings is 1. The van der Waals surface area contributed by atoms with Gasteiger partial charge in [-0.2, -0.15) is 0 Å². The standard InChI is InChI=1S/C22H19N3OS/c1-15(18-10-6-8-16-7-2-3-9-19(16)18)24-21(26)13-17-14-27-22(25-17)20-11-4-5-12-23-20/h2-12,14-15H,13H2,1H3,(H,24,26)/t15-/m0/s1. The number of hydrogen-bond donors (Lipinski definition) is 1. The van der Waals surface area contributed by atoms with E-state index in [2.05, 4.69) is 39.6 Å². The predicted octanol–water partition coefficient (Wildman–Crippen LogP) is 4.78. The Kier molecular flexibility index (Phi) is 4.94. The number of thiazole rings is 1. The normalized spacial score (nSPS) is 12.0. The van der Waals surface area contributed by atoms with Gasteiger partial charge in [0.2, 0.25) is 5.91 Å². The van der Waals surface area contributed by atoms with E-state index in [-0.39, 0.29) is 18.4 Å². The fraction of sp³-hybridized carbons (Fsp3) is 0.136. The molecule has 27 heavy (non-hydrogen) atoms. The van der Waals surface area contributed by atoms with E-state index < -0.39 is 0 Å². The number of carbonyl (C=O) groups excluding carboxylic acids is 1. The SMILES string of the molecule is C[C@H](NC(=O)Cc1csc(-c2ccccn2)n1)c1cccc2ccccc12. The van der Waals surface area contributed by atoms with E-state index in [4.69, 9.17) is 0 Å². The molecule has 1 amide bonds. The van der Waals surface area contributed by atoms with Crippen LogP contribution in [-0.2, 0) is 11.2 Å². The summed E-state index contributed by atoms with van der Waals surface area (Å²) in [5.41, 5.74) is 2.72. The van der Waals surface area contributed by atoms with Crippen molar-refractivity contribution in [1.29, 1.82) is 0 Å². The molecule has 5 heteroatoms. The van der Waals surface area contributed by atoms with Crippen molar-refractivity contribution in [3.05, 3.63) is 83.5 Å². The van der Waals surface area contributed by atoms with Crippen LogP contribution in [0.4, 0.5) is 0 Å². The highest BCUT2D eigenvalue weighted by Gasteiger charge is 2.14. The molecule has 0 saturated carbocycles. The Morgan fingerprint density at radius 3 is 2.74 bits per heavy atom. The predicted molar refractivity (Wildman–Crippen MR) is 110 cm³/mol. The second-order valence-corrected chi connectivity index (χ2v) is 7.25. The largest absolute Gasteiger partial charge is 0.349 e. The fourth-order valence-corrected chi connectivity index (χ4v) is 3.95. The Bertz CT molecular complexity index is 1070. The molecule has 1 N–H and O–H groups in total. The number of carbonyl (C=O) groups is 1. The molecule has 0 aliphatic rings. The average Bonchev–Trinajstić information content (AvgIpc) is 3.16. The highest BCUT2D eigenvalue weighted by molar-refractivity contribution is 7.13. The molecule has 4 aromatic rings. The minimum absolute atomic E-state index is 0.0340. The third kappa shape index (κ3) is 3.88. The Morgan fingerprint density at radius 2 is 1.89 bits per heavy atom. The molecule has 1 atom stereocenters. The first-order valence-electron chi connectivity index (χ1n) is 8.83. The molecule has 0 saturated heterocycles. The molecule has 2 heterocycles. The molecule has 0 bridgehead atoms. The van der Waals surface area contributed by atoms with Crippen LogP contribution in [0.25, 0.3) is 21.5 Å². The zero-order valence-electron chi connectivity index (χ0n) is 14.9. The van der Waals surface area contributed by atoms with E-state index in [0.717, 1.165) is 22.0 Å². The second kappa shape index (κ2) is 7.68. The third-order valence-electron chi connectivity index (χ3n) is 4.44. The van der Waals surface area contributed by atoms with Crippen LogP contribution in [0.5, 0.6) is 0 Å². The summed E-state index contributed by atoms with van der Waals surface area (Å²) in [4.78, 5) is 21.4.